The molecule has 1 atom stereocenters. The van der Waals surface area contributed by atoms with Crippen LogP contribution < -0.4 is 0 Å². The number of hydrogen-bond donors (Lipinski definition) is 0. The minimum Gasteiger partial charge on any atom is -0.331 e. The molecular formula is C19H39IO3. The van der Waals surface area contributed by atoms with E-state index in [-0.39, 0.29) is 0 Å². The van der Waals surface area contributed by atoms with Crippen LogP contribution in [-0.4, -0.2) is 31.7 Å². The molecule has 0 bridgehead atoms. The molecule has 0 aliphatic carbocycles. The first kappa shape index (κ1) is 23.6. The molecule has 0 saturated heterocycles. The monoisotopic (exact) mass is 442 g/mol. The molecule has 4 heteroatoms. The molecule has 0 spiro atoms. The number of hydrogen-bond acceptors (Lipinski definition) is 3. The van der Waals surface area contributed by atoms with Crippen LogP contribution in [0.2, 0.25) is 0 Å². The van der Waals surface area contributed by atoms with Crippen molar-refractivity contribution < 1.29 is 14.2 Å². The van der Waals surface area contributed by atoms with E-state index in [4.69, 9.17) is 14.2 Å². The van der Waals surface area contributed by atoms with Crippen molar-refractivity contribution in [3.63, 3.8) is 0 Å². The van der Waals surface area contributed by atoms with Crippen molar-refractivity contribution in [1.82, 2.24) is 0 Å². The average Bonchev–Trinajstić information content (AvgIpc) is 2.58. The van der Waals surface area contributed by atoms with Crippen molar-refractivity contribution in [2.45, 2.75) is 89.9 Å². The van der Waals surface area contributed by atoms with Crippen molar-refractivity contribution in [2.75, 3.05) is 25.8 Å². The summed E-state index contributed by atoms with van der Waals surface area (Å²) < 4.78 is 18.1. The molecule has 0 amide bonds. The molecule has 0 aliphatic rings. The molecule has 3 nitrogen and oxygen atoms in total. The van der Waals surface area contributed by atoms with Crippen LogP contribution in [0.3, 0.4) is 0 Å². The van der Waals surface area contributed by atoms with E-state index < -0.39 is 5.97 Å². The SMILES string of the molecule is CCCCCCCCC(CCCCCCI)C(OC)(OC)OC. The molecule has 0 fully saturated rings. The van der Waals surface area contributed by atoms with E-state index in [0.717, 1.165) is 12.8 Å². The third-order valence-corrected chi connectivity index (χ3v) is 5.46. The molecular weight excluding hydrogens is 403 g/mol. The van der Waals surface area contributed by atoms with Gasteiger partial charge in [-0.3, -0.25) is 0 Å². The summed E-state index contributed by atoms with van der Waals surface area (Å²) in [4.78, 5) is 0. The molecule has 0 rings (SSSR count). The molecule has 23 heavy (non-hydrogen) atoms. The lowest BCUT2D eigenvalue weighted by molar-refractivity contribution is -0.380. The number of halogens is 1. The van der Waals surface area contributed by atoms with E-state index in [1.807, 2.05) is 0 Å². The molecule has 0 heterocycles. The fraction of sp³-hybridized carbons (Fsp3) is 1.00. The van der Waals surface area contributed by atoms with Crippen LogP contribution in [0, 0.1) is 5.92 Å². The van der Waals surface area contributed by atoms with Crippen molar-refractivity contribution in [1.29, 1.82) is 0 Å². The predicted molar refractivity (Wildman–Crippen MR) is 107 cm³/mol. The van der Waals surface area contributed by atoms with Gasteiger partial charge in [-0.15, -0.1) is 0 Å². The van der Waals surface area contributed by atoms with Gasteiger partial charge in [-0.1, -0.05) is 87.3 Å². The Morgan fingerprint density at radius 1 is 0.696 bits per heavy atom. The van der Waals surface area contributed by atoms with Crippen LogP contribution in [0.1, 0.15) is 84.0 Å². The van der Waals surface area contributed by atoms with Gasteiger partial charge in [-0.2, -0.15) is 0 Å². The van der Waals surface area contributed by atoms with Gasteiger partial charge in [0.1, 0.15) is 0 Å². The summed E-state index contributed by atoms with van der Waals surface area (Å²) in [5.74, 6) is -0.555. The highest BCUT2D eigenvalue weighted by Crippen LogP contribution is 2.33. The van der Waals surface area contributed by atoms with E-state index in [0.29, 0.717) is 5.92 Å². The predicted octanol–water partition coefficient (Wildman–Crippen LogP) is 6.33. The van der Waals surface area contributed by atoms with E-state index in [9.17, 15) is 0 Å². The normalized spacial score (nSPS) is 13.4. The van der Waals surface area contributed by atoms with Crippen LogP contribution in [-0.2, 0) is 14.2 Å². The Bertz CT molecular complexity index is 237. The highest BCUT2D eigenvalue weighted by molar-refractivity contribution is 14.1. The largest absolute Gasteiger partial charge is 0.331 e. The minimum atomic E-state index is -0.868. The van der Waals surface area contributed by atoms with Gasteiger partial charge in [0.05, 0.1) is 0 Å². The lowest BCUT2D eigenvalue weighted by Gasteiger charge is -2.36. The van der Waals surface area contributed by atoms with Gasteiger partial charge in [-0.05, 0) is 23.7 Å². The Hall–Kier alpha value is 0.610. The summed E-state index contributed by atoms with van der Waals surface area (Å²) in [6.07, 6.45) is 15.3. The molecule has 140 valence electrons. The van der Waals surface area contributed by atoms with Gasteiger partial charge in [0.2, 0.25) is 0 Å². The molecule has 0 saturated carbocycles. The maximum absolute atomic E-state index is 5.63. The van der Waals surface area contributed by atoms with E-state index in [1.54, 1.807) is 21.3 Å². The van der Waals surface area contributed by atoms with Crippen LogP contribution in [0.15, 0.2) is 0 Å². The average molecular weight is 442 g/mol. The van der Waals surface area contributed by atoms with E-state index in [2.05, 4.69) is 29.5 Å². The topological polar surface area (TPSA) is 27.7 Å². The zero-order valence-electron chi connectivity index (χ0n) is 15.9. The molecule has 0 radical (unpaired) electrons. The second-order valence-corrected chi connectivity index (χ2v) is 7.44. The number of unbranched alkanes of at least 4 members (excludes halogenated alkanes) is 8. The molecule has 0 aromatic carbocycles. The smallest absolute Gasteiger partial charge is 0.285 e. The molecule has 0 aromatic heterocycles. The van der Waals surface area contributed by atoms with E-state index >= 15 is 0 Å². The van der Waals surface area contributed by atoms with Gasteiger partial charge in [-0.25, -0.2) is 0 Å². The Morgan fingerprint density at radius 2 is 1.13 bits per heavy atom. The second kappa shape index (κ2) is 16.1. The Morgan fingerprint density at radius 3 is 1.57 bits per heavy atom. The maximum Gasteiger partial charge on any atom is 0.285 e. The third kappa shape index (κ3) is 10.3. The Balaban J connectivity index is 4.31. The van der Waals surface area contributed by atoms with Crippen molar-refractivity contribution in [3.05, 3.63) is 0 Å². The lowest BCUT2D eigenvalue weighted by atomic mass is 9.92. The standard InChI is InChI=1S/C19H39IO3/c1-5-6-7-8-9-12-15-18(16-13-10-11-14-17-20)19(21-2,22-3)23-4/h18H,5-17H2,1-4H3. The summed E-state index contributed by atoms with van der Waals surface area (Å²) in [7, 11) is 5.08. The summed E-state index contributed by atoms with van der Waals surface area (Å²) >= 11 is 2.46. The molecule has 1 unspecified atom stereocenters. The fourth-order valence-corrected chi connectivity index (χ4v) is 3.80. The minimum absolute atomic E-state index is 0.313. The molecule has 0 aliphatic heterocycles. The number of methoxy groups -OCH3 is 3. The molecule has 0 aromatic rings. The van der Waals surface area contributed by atoms with Crippen molar-refractivity contribution in [2.24, 2.45) is 5.92 Å². The van der Waals surface area contributed by atoms with Gasteiger partial charge < -0.3 is 14.2 Å². The highest BCUT2D eigenvalue weighted by Gasteiger charge is 2.39. The van der Waals surface area contributed by atoms with E-state index in [1.165, 1.54) is 68.6 Å². The molecule has 0 N–H and O–H groups in total. The maximum atomic E-state index is 5.63. The van der Waals surface area contributed by atoms with Crippen LogP contribution in [0.5, 0.6) is 0 Å². The first-order chi connectivity index (χ1) is 11.2. The zero-order valence-corrected chi connectivity index (χ0v) is 18.0. The number of rotatable bonds is 17. The quantitative estimate of drug-likeness (QED) is 0.114. The van der Waals surface area contributed by atoms with Gasteiger partial charge in [0.25, 0.3) is 5.97 Å². The summed E-state index contributed by atoms with van der Waals surface area (Å²) in [5.41, 5.74) is 0. The van der Waals surface area contributed by atoms with Gasteiger partial charge in [0, 0.05) is 27.2 Å². The van der Waals surface area contributed by atoms with Gasteiger partial charge in [0.15, 0.2) is 0 Å². The second-order valence-electron chi connectivity index (χ2n) is 6.36. The number of ether oxygens (including phenoxy) is 3. The van der Waals surface area contributed by atoms with Crippen molar-refractivity contribution in [3.8, 4) is 0 Å². The fourth-order valence-electron chi connectivity index (χ4n) is 3.26. The Kier molecular flexibility index (Phi) is 16.5. The van der Waals surface area contributed by atoms with Crippen LogP contribution >= 0.6 is 22.6 Å². The highest BCUT2D eigenvalue weighted by atomic mass is 127. The summed E-state index contributed by atoms with van der Waals surface area (Å²) in [5, 5.41) is 0. The Labute approximate surface area is 158 Å². The summed E-state index contributed by atoms with van der Waals surface area (Å²) in [6, 6.07) is 0. The van der Waals surface area contributed by atoms with Crippen LogP contribution in [0.4, 0.5) is 0 Å². The van der Waals surface area contributed by atoms with Crippen molar-refractivity contribution >= 4 is 22.6 Å². The lowest BCUT2D eigenvalue weighted by Crippen LogP contribution is -2.44. The summed E-state index contributed by atoms with van der Waals surface area (Å²) in [6.45, 7) is 2.26. The van der Waals surface area contributed by atoms with Gasteiger partial charge >= 0.3 is 0 Å². The first-order valence-corrected chi connectivity index (χ1v) is 10.9. The van der Waals surface area contributed by atoms with Crippen LogP contribution in [0.25, 0.3) is 0 Å². The number of alkyl halides is 1. The third-order valence-electron chi connectivity index (χ3n) is 4.70. The first-order valence-electron chi connectivity index (χ1n) is 9.42. The zero-order chi connectivity index (χ0) is 17.4.